The summed E-state index contributed by atoms with van der Waals surface area (Å²) in [6, 6.07) is 9.72. The zero-order chi connectivity index (χ0) is 16.8. The maximum Gasteiger partial charge on any atom is 0.259 e. The minimum absolute atomic E-state index is 0.132. The summed E-state index contributed by atoms with van der Waals surface area (Å²) in [5.74, 6) is -0.132. The third-order valence-electron chi connectivity index (χ3n) is 4.34. The van der Waals surface area contributed by atoms with E-state index in [1.165, 1.54) is 0 Å². The Morgan fingerprint density at radius 2 is 1.96 bits per heavy atom. The van der Waals surface area contributed by atoms with Crippen molar-refractivity contribution in [3.05, 3.63) is 47.2 Å². The summed E-state index contributed by atoms with van der Waals surface area (Å²) in [4.78, 5) is 18.9. The third-order valence-corrected chi connectivity index (χ3v) is 4.34. The molecule has 2 aromatic heterocycles. The fraction of sp³-hybridized carbons (Fsp3) is 0.278. The van der Waals surface area contributed by atoms with Crippen molar-refractivity contribution in [2.45, 2.75) is 20.0 Å². The summed E-state index contributed by atoms with van der Waals surface area (Å²) in [6.45, 7) is 4.52. The number of likely N-dealkylation sites (tertiary alicyclic amines) is 1. The first-order chi connectivity index (χ1) is 11.5. The van der Waals surface area contributed by atoms with Crippen molar-refractivity contribution < 1.29 is 14.4 Å². The highest BCUT2D eigenvalue weighted by atomic mass is 16.5. The Bertz CT molecular complexity index is 925. The Morgan fingerprint density at radius 1 is 1.25 bits per heavy atom. The van der Waals surface area contributed by atoms with Crippen molar-refractivity contribution in [3.63, 3.8) is 0 Å². The standard InChI is InChI=1S/C18H17N3O3/c1-10-3-5-12(6-4-10)15-7-14(18(23)21-8-13(22)9-21)16-11(2)20-24-17(16)19-15/h3-7,13,22H,8-9H2,1-2H3. The lowest BCUT2D eigenvalue weighted by Gasteiger charge is -2.36. The quantitative estimate of drug-likeness (QED) is 0.783. The van der Waals surface area contributed by atoms with E-state index in [4.69, 9.17) is 4.52 Å². The van der Waals surface area contributed by atoms with Crippen molar-refractivity contribution in [1.82, 2.24) is 15.0 Å². The number of carbonyl (C=O) groups excluding carboxylic acids is 1. The van der Waals surface area contributed by atoms with Crippen LogP contribution in [0.5, 0.6) is 0 Å². The number of rotatable bonds is 2. The Labute approximate surface area is 138 Å². The summed E-state index contributed by atoms with van der Waals surface area (Å²) < 4.78 is 5.30. The van der Waals surface area contributed by atoms with Gasteiger partial charge in [-0.1, -0.05) is 35.0 Å². The Morgan fingerprint density at radius 3 is 2.62 bits per heavy atom. The number of fused-ring (bicyclic) bond motifs is 1. The highest BCUT2D eigenvalue weighted by Gasteiger charge is 2.31. The van der Waals surface area contributed by atoms with Crippen LogP contribution in [0.1, 0.15) is 21.6 Å². The summed E-state index contributed by atoms with van der Waals surface area (Å²) >= 11 is 0. The van der Waals surface area contributed by atoms with Crippen LogP contribution in [-0.4, -0.2) is 45.2 Å². The molecule has 3 aromatic rings. The molecule has 6 heteroatoms. The molecule has 0 atom stereocenters. The van der Waals surface area contributed by atoms with Gasteiger partial charge >= 0.3 is 0 Å². The molecule has 1 aliphatic heterocycles. The molecule has 0 saturated carbocycles. The normalized spacial score (nSPS) is 14.9. The van der Waals surface area contributed by atoms with Crippen LogP contribution in [0, 0.1) is 13.8 Å². The molecule has 3 heterocycles. The van der Waals surface area contributed by atoms with Gasteiger partial charge in [-0.2, -0.15) is 0 Å². The Kier molecular flexibility index (Phi) is 3.35. The average molecular weight is 323 g/mol. The predicted octanol–water partition coefficient (Wildman–Crippen LogP) is 2.32. The second-order valence-electron chi connectivity index (χ2n) is 6.23. The van der Waals surface area contributed by atoms with Crippen LogP contribution >= 0.6 is 0 Å². The largest absolute Gasteiger partial charge is 0.389 e. The molecule has 1 fully saturated rings. The molecule has 1 aliphatic rings. The van der Waals surface area contributed by atoms with Crippen LogP contribution in [0.2, 0.25) is 0 Å². The highest BCUT2D eigenvalue weighted by Crippen LogP contribution is 2.29. The zero-order valence-electron chi connectivity index (χ0n) is 13.5. The second kappa shape index (κ2) is 5.42. The maximum atomic E-state index is 12.8. The van der Waals surface area contributed by atoms with Crippen LogP contribution in [-0.2, 0) is 0 Å². The van der Waals surface area contributed by atoms with Gasteiger partial charge in [-0.15, -0.1) is 0 Å². The highest BCUT2D eigenvalue weighted by molar-refractivity contribution is 6.07. The molecule has 122 valence electrons. The number of benzene rings is 1. The molecule has 6 nitrogen and oxygen atoms in total. The third kappa shape index (κ3) is 2.35. The molecule has 0 spiro atoms. The number of amides is 1. The van der Waals surface area contributed by atoms with E-state index in [-0.39, 0.29) is 5.91 Å². The Balaban J connectivity index is 1.85. The number of hydrogen-bond donors (Lipinski definition) is 1. The van der Waals surface area contributed by atoms with Gasteiger partial charge in [0.15, 0.2) is 0 Å². The lowest BCUT2D eigenvalue weighted by molar-refractivity contribution is 0.00602. The second-order valence-corrected chi connectivity index (χ2v) is 6.23. The average Bonchev–Trinajstić information content (AvgIpc) is 2.92. The van der Waals surface area contributed by atoms with E-state index in [2.05, 4.69) is 10.1 Å². The molecule has 24 heavy (non-hydrogen) atoms. The van der Waals surface area contributed by atoms with E-state index >= 15 is 0 Å². The SMILES string of the molecule is Cc1ccc(-c2cc(C(=O)N3CC(O)C3)c3c(C)noc3n2)cc1. The number of aryl methyl sites for hydroxylation is 2. The molecule has 1 N–H and O–H groups in total. The van der Waals surface area contributed by atoms with E-state index in [0.29, 0.717) is 41.1 Å². The van der Waals surface area contributed by atoms with Gasteiger partial charge in [0.2, 0.25) is 0 Å². The molecule has 0 radical (unpaired) electrons. The molecule has 4 rings (SSSR count). The summed E-state index contributed by atoms with van der Waals surface area (Å²) in [7, 11) is 0. The van der Waals surface area contributed by atoms with Gasteiger partial charge < -0.3 is 14.5 Å². The van der Waals surface area contributed by atoms with Crippen molar-refractivity contribution in [2.75, 3.05) is 13.1 Å². The maximum absolute atomic E-state index is 12.8. The van der Waals surface area contributed by atoms with Gasteiger partial charge in [-0.25, -0.2) is 4.98 Å². The molecular formula is C18H17N3O3. The summed E-state index contributed by atoms with van der Waals surface area (Å²) in [5.41, 5.74) is 4.24. The van der Waals surface area contributed by atoms with Gasteiger partial charge in [0, 0.05) is 18.7 Å². The van der Waals surface area contributed by atoms with Crippen LogP contribution in [0.15, 0.2) is 34.9 Å². The minimum atomic E-state index is -0.439. The first-order valence-corrected chi connectivity index (χ1v) is 7.84. The van der Waals surface area contributed by atoms with Crippen molar-refractivity contribution in [1.29, 1.82) is 0 Å². The lowest BCUT2D eigenvalue weighted by atomic mass is 10.0. The van der Waals surface area contributed by atoms with Crippen LogP contribution in [0.3, 0.4) is 0 Å². The van der Waals surface area contributed by atoms with Crippen molar-refractivity contribution in [3.8, 4) is 11.3 Å². The topological polar surface area (TPSA) is 79.5 Å². The van der Waals surface area contributed by atoms with E-state index in [9.17, 15) is 9.90 Å². The van der Waals surface area contributed by atoms with E-state index in [0.717, 1.165) is 11.1 Å². The van der Waals surface area contributed by atoms with Crippen LogP contribution in [0.4, 0.5) is 0 Å². The predicted molar refractivity (Wildman–Crippen MR) is 88.6 cm³/mol. The van der Waals surface area contributed by atoms with Gasteiger partial charge in [-0.3, -0.25) is 4.79 Å². The van der Waals surface area contributed by atoms with E-state index in [1.54, 1.807) is 17.9 Å². The first kappa shape index (κ1) is 14.8. The van der Waals surface area contributed by atoms with Crippen LogP contribution < -0.4 is 0 Å². The smallest absolute Gasteiger partial charge is 0.259 e. The molecule has 0 aliphatic carbocycles. The van der Waals surface area contributed by atoms with Gasteiger partial charge in [0.25, 0.3) is 11.6 Å². The van der Waals surface area contributed by atoms with Crippen molar-refractivity contribution >= 4 is 17.0 Å². The zero-order valence-corrected chi connectivity index (χ0v) is 13.5. The van der Waals surface area contributed by atoms with E-state index < -0.39 is 6.10 Å². The van der Waals surface area contributed by atoms with Gasteiger partial charge in [0.05, 0.1) is 28.4 Å². The fourth-order valence-electron chi connectivity index (χ4n) is 2.93. The molecule has 1 aromatic carbocycles. The minimum Gasteiger partial charge on any atom is -0.389 e. The monoisotopic (exact) mass is 323 g/mol. The van der Waals surface area contributed by atoms with Crippen LogP contribution in [0.25, 0.3) is 22.4 Å². The number of aliphatic hydroxyl groups excluding tert-OH is 1. The van der Waals surface area contributed by atoms with Gasteiger partial charge in [0.1, 0.15) is 0 Å². The summed E-state index contributed by atoms with van der Waals surface area (Å²) in [5, 5.41) is 14.0. The molecular weight excluding hydrogens is 306 g/mol. The Hall–Kier alpha value is -2.73. The fourth-order valence-corrected chi connectivity index (χ4v) is 2.93. The lowest BCUT2D eigenvalue weighted by Crippen LogP contribution is -2.53. The number of β-amino-alcohol motifs (C(OH)–C–C–N with tert-alkyl or cyclic N) is 1. The van der Waals surface area contributed by atoms with E-state index in [1.807, 2.05) is 31.2 Å². The number of carbonyl (C=O) groups is 1. The number of pyridine rings is 1. The molecule has 1 saturated heterocycles. The molecule has 1 amide bonds. The first-order valence-electron chi connectivity index (χ1n) is 7.84. The number of aliphatic hydroxyl groups is 1. The van der Waals surface area contributed by atoms with Crippen molar-refractivity contribution in [2.24, 2.45) is 0 Å². The number of nitrogens with zero attached hydrogens (tertiary/aromatic N) is 3. The number of hydrogen-bond acceptors (Lipinski definition) is 5. The number of aromatic nitrogens is 2. The summed E-state index contributed by atoms with van der Waals surface area (Å²) in [6.07, 6.45) is -0.439. The molecule has 0 bridgehead atoms. The molecule has 0 unspecified atom stereocenters. The van der Waals surface area contributed by atoms with Gasteiger partial charge in [-0.05, 0) is 19.9 Å².